The van der Waals surface area contributed by atoms with Crippen molar-refractivity contribution in [2.45, 2.75) is 6.43 Å². The molecule has 0 saturated heterocycles. The number of hydrogen-bond donors (Lipinski definition) is 1. The van der Waals surface area contributed by atoms with Gasteiger partial charge in [-0.2, -0.15) is 0 Å². The van der Waals surface area contributed by atoms with Crippen molar-refractivity contribution in [3.8, 4) is 0 Å². The second-order valence-corrected chi connectivity index (χ2v) is 3.31. The Morgan fingerprint density at radius 3 is 2.62 bits per heavy atom. The molecule has 1 heterocycles. The number of carbonyl (C=O) groups is 1. The third-order valence-corrected chi connectivity index (χ3v) is 2.58. The summed E-state index contributed by atoms with van der Waals surface area (Å²) in [6.45, 7) is 0. The number of hydrogen-bond acceptors (Lipinski definition) is 2. The van der Waals surface area contributed by atoms with Crippen LogP contribution in [0.25, 0.3) is 0 Å². The predicted octanol–water partition coefficient (Wildman–Crippen LogP) is 1.73. The van der Waals surface area contributed by atoms with Gasteiger partial charge in [0, 0.05) is 15.2 Å². The molecule has 1 N–H and O–H groups in total. The van der Waals surface area contributed by atoms with E-state index in [4.69, 9.17) is 0 Å². The molecule has 0 amide bonds. The van der Waals surface area contributed by atoms with Crippen molar-refractivity contribution < 1.29 is 13.6 Å². The van der Waals surface area contributed by atoms with Gasteiger partial charge in [-0.15, -0.1) is 0 Å². The highest BCUT2D eigenvalue weighted by molar-refractivity contribution is 14.1. The molecule has 0 fully saturated rings. The molecule has 0 radical (unpaired) electrons. The first kappa shape index (κ1) is 10.3. The minimum Gasteiger partial charge on any atom is -0.320 e. The summed E-state index contributed by atoms with van der Waals surface area (Å²) >= 11 is 1.59. The number of halogens is 3. The molecular formula is C7H4F2INO2. The Balaban J connectivity index is 3.44. The van der Waals surface area contributed by atoms with Crippen LogP contribution in [0.5, 0.6) is 0 Å². The fraction of sp³-hybridized carbons (Fsp3) is 0.143. The van der Waals surface area contributed by atoms with Crippen LogP contribution in [0.3, 0.4) is 0 Å². The summed E-state index contributed by atoms with van der Waals surface area (Å²) in [4.78, 5) is 23.1. The van der Waals surface area contributed by atoms with Crippen LogP contribution in [-0.4, -0.2) is 11.3 Å². The van der Waals surface area contributed by atoms with Crippen molar-refractivity contribution in [3.63, 3.8) is 0 Å². The van der Waals surface area contributed by atoms with E-state index < -0.39 is 17.7 Å². The molecule has 0 aromatic carbocycles. The highest BCUT2D eigenvalue weighted by Crippen LogP contribution is 2.22. The molecule has 3 nitrogen and oxygen atoms in total. The van der Waals surface area contributed by atoms with Crippen LogP contribution in [0.2, 0.25) is 0 Å². The fourth-order valence-electron chi connectivity index (χ4n) is 0.820. The third kappa shape index (κ3) is 2.11. The number of carbonyl (C=O) groups excluding carboxylic acids is 1. The molecule has 0 aliphatic rings. The Morgan fingerprint density at radius 1 is 1.54 bits per heavy atom. The number of alkyl halides is 2. The van der Waals surface area contributed by atoms with Gasteiger partial charge in [0.05, 0.1) is 5.69 Å². The molecular weight excluding hydrogens is 295 g/mol. The van der Waals surface area contributed by atoms with Crippen LogP contribution in [0.4, 0.5) is 8.78 Å². The van der Waals surface area contributed by atoms with Crippen LogP contribution < -0.4 is 5.56 Å². The predicted molar refractivity (Wildman–Crippen MR) is 50.1 cm³/mol. The van der Waals surface area contributed by atoms with Crippen molar-refractivity contribution in [3.05, 3.63) is 31.2 Å². The van der Waals surface area contributed by atoms with Gasteiger partial charge in [-0.05, 0) is 22.6 Å². The maximum atomic E-state index is 12.2. The van der Waals surface area contributed by atoms with E-state index in [1.165, 1.54) is 0 Å². The Labute approximate surface area is 85.3 Å². The van der Waals surface area contributed by atoms with E-state index in [1.54, 1.807) is 22.6 Å². The number of aldehydes is 1. The smallest absolute Gasteiger partial charge is 0.279 e. The molecule has 0 saturated carbocycles. The molecule has 1 aromatic rings. The van der Waals surface area contributed by atoms with Crippen molar-refractivity contribution in [1.82, 2.24) is 4.98 Å². The summed E-state index contributed by atoms with van der Waals surface area (Å²) in [5.41, 5.74) is -1.22. The molecule has 0 unspecified atom stereocenters. The van der Waals surface area contributed by atoms with Crippen LogP contribution in [0.15, 0.2) is 10.9 Å². The number of H-pyrrole nitrogens is 1. The SMILES string of the molecule is O=Cc1cc(=O)[nH]c(C(F)F)c1I. The van der Waals surface area contributed by atoms with Gasteiger partial charge in [-0.25, -0.2) is 8.78 Å². The summed E-state index contributed by atoms with van der Waals surface area (Å²) in [5, 5.41) is 0. The van der Waals surface area contributed by atoms with E-state index in [2.05, 4.69) is 0 Å². The van der Waals surface area contributed by atoms with E-state index in [-0.39, 0.29) is 9.13 Å². The first-order valence-electron chi connectivity index (χ1n) is 3.22. The lowest BCUT2D eigenvalue weighted by molar-refractivity contribution is 0.112. The lowest BCUT2D eigenvalue weighted by atomic mass is 10.2. The fourth-order valence-corrected chi connectivity index (χ4v) is 1.47. The zero-order chi connectivity index (χ0) is 10.0. The van der Waals surface area contributed by atoms with Gasteiger partial charge < -0.3 is 4.98 Å². The molecule has 0 atom stereocenters. The van der Waals surface area contributed by atoms with Gasteiger partial charge in [0.15, 0.2) is 6.29 Å². The monoisotopic (exact) mass is 299 g/mol. The number of aromatic amines is 1. The summed E-state index contributed by atoms with van der Waals surface area (Å²) in [6, 6.07) is 0.987. The van der Waals surface area contributed by atoms with Crippen molar-refractivity contribution in [2.24, 2.45) is 0 Å². The Bertz CT molecular complexity index is 389. The van der Waals surface area contributed by atoms with E-state index in [0.717, 1.165) is 6.07 Å². The minimum absolute atomic E-state index is 0.0142. The molecule has 0 spiro atoms. The lowest BCUT2D eigenvalue weighted by Crippen LogP contribution is -2.12. The topological polar surface area (TPSA) is 49.9 Å². The van der Waals surface area contributed by atoms with E-state index in [1.807, 2.05) is 4.98 Å². The van der Waals surface area contributed by atoms with Crippen LogP contribution in [0.1, 0.15) is 22.5 Å². The van der Waals surface area contributed by atoms with Crippen molar-refractivity contribution in [1.29, 1.82) is 0 Å². The normalized spacial score (nSPS) is 10.5. The van der Waals surface area contributed by atoms with E-state index in [0.29, 0.717) is 6.29 Å². The largest absolute Gasteiger partial charge is 0.320 e. The number of nitrogens with one attached hydrogen (secondary N) is 1. The molecule has 0 aliphatic carbocycles. The summed E-state index contributed by atoms with van der Waals surface area (Å²) in [6.07, 6.45) is -2.40. The summed E-state index contributed by atoms with van der Waals surface area (Å²) in [7, 11) is 0. The number of aromatic nitrogens is 1. The van der Waals surface area contributed by atoms with Gasteiger partial charge in [0.1, 0.15) is 0 Å². The van der Waals surface area contributed by atoms with Gasteiger partial charge in [0.2, 0.25) is 5.56 Å². The van der Waals surface area contributed by atoms with E-state index in [9.17, 15) is 18.4 Å². The molecule has 1 aromatic heterocycles. The highest BCUT2D eigenvalue weighted by atomic mass is 127. The number of rotatable bonds is 2. The first-order chi connectivity index (χ1) is 6.06. The van der Waals surface area contributed by atoms with Gasteiger partial charge in [0.25, 0.3) is 6.43 Å². The quantitative estimate of drug-likeness (QED) is 0.668. The molecule has 0 bridgehead atoms. The summed E-state index contributed by atoms with van der Waals surface area (Å²) < 4.78 is 24.6. The Hall–Kier alpha value is -0.790. The van der Waals surface area contributed by atoms with Gasteiger partial charge in [-0.3, -0.25) is 9.59 Å². The van der Waals surface area contributed by atoms with Crippen LogP contribution >= 0.6 is 22.6 Å². The second kappa shape index (κ2) is 3.95. The minimum atomic E-state index is -2.78. The Morgan fingerprint density at radius 2 is 2.15 bits per heavy atom. The average molecular weight is 299 g/mol. The summed E-state index contributed by atoms with van der Waals surface area (Å²) in [5.74, 6) is 0. The number of pyridine rings is 1. The second-order valence-electron chi connectivity index (χ2n) is 2.24. The average Bonchev–Trinajstić information content (AvgIpc) is 2.08. The maximum absolute atomic E-state index is 12.2. The van der Waals surface area contributed by atoms with E-state index >= 15 is 0 Å². The Kier molecular flexibility index (Phi) is 3.12. The van der Waals surface area contributed by atoms with Crippen LogP contribution in [-0.2, 0) is 0 Å². The molecule has 6 heteroatoms. The van der Waals surface area contributed by atoms with Crippen LogP contribution in [0, 0.1) is 3.57 Å². The molecule has 70 valence electrons. The zero-order valence-corrected chi connectivity index (χ0v) is 8.34. The third-order valence-electron chi connectivity index (χ3n) is 1.38. The molecule has 13 heavy (non-hydrogen) atoms. The first-order valence-corrected chi connectivity index (χ1v) is 4.30. The highest BCUT2D eigenvalue weighted by Gasteiger charge is 2.15. The van der Waals surface area contributed by atoms with Gasteiger partial charge in [-0.1, -0.05) is 0 Å². The molecule has 0 aliphatic heterocycles. The zero-order valence-electron chi connectivity index (χ0n) is 6.18. The lowest BCUT2D eigenvalue weighted by Gasteiger charge is -2.03. The van der Waals surface area contributed by atoms with Crippen molar-refractivity contribution >= 4 is 28.9 Å². The van der Waals surface area contributed by atoms with Gasteiger partial charge >= 0.3 is 0 Å². The standard InChI is InChI=1S/C7H4F2INO2/c8-7(9)6-5(10)3(2-12)1-4(13)11-6/h1-2,7H,(H,11,13). The maximum Gasteiger partial charge on any atom is 0.279 e. The van der Waals surface area contributed by atoms with Crippen molar-refractivity contribution in [2.75, 3.05) is 0 Å². The molecule has 1 rings (SSSR count).